The van der Waals surface area contributed by atoms with Crippen LogP contribution in [0.25, 0.3) is 11.3 Å². The molecule has 1 fully saturated rings. The number of piperazine rings is 1. The van der Waals surface area contributed by atoms with E-state index in [0.717, 1.165) is 62.5 Å². The Balaban J connectivity index is 1.45. The molecule has 0 unspecified atom stereocenters. The van der Waals surface area contributed by atoms with Crippen LogP contribution in [0.1, 0.15) is 25.8 Å². The second-order valence-corrected chi connectivity index (χ2v) is 9.49. The van der Waals surface area contributed by atoms with E-state index in [-0.39, 0.29) is 23.5 Å². The van der Waals surface area contributed by atoms with E-state index in [2.05, 4.69) is 44.2 Å². The number of hydrogen-bond donors (Lipinski definition) is 2. The molecular weight excluding hydrogens is 462 g/mol. The van der Waals surface area contributed by atoms with Gasteiger partial charge in [-0.3, -0.25) is 0 Å². The molecule has 7 nitrogen and oxygen atoms in total. The van der Waals surface area contributed by atoms with Crippen LogP contribution in [0.2, 0.25) is 0 Å². The third kappa shape index (κ3) is 4.80. The number of methoxy groups -OCH3 is 1. The number of rotatable bonds is 6. The first-order valence-corrected chi connectivity index (χ1v) is 12.5. The standard InChI is InChI=1S/C27H32F2N6O/c1-17(2)35-10-4-5-20-21(28)13-18(14-24(20)35)26-22(29)16-31-27(33-26)32-19-6-7-23(25(15-19)36-3)34-11-8-30-9-12-34/h6-7,13-17,30H,4-5,8-12H2,1-3H3,(H,31,32,33). The summed E-state index contributed by atoms with van der Waals surface area (Å²) < 4.78 is 35.6. The highest BCUT2D eigenvalue weighted by Crippen LogP contribution is 2.36. The SMILES string of the molecule is COc1cc(Nc2ncc(F)c(-c3cc(F)c4c(c3)N(C(C)C)CCC4)n2)ccc1N1CCNCC1. The maximum Gasteiger partial charge on any atom is 0.227 e. The summed E-state index contributed by atoms with van der Waals surface area (Å²) in [6.45, 7) is 8.65. The van der Waals surface area contributed by atoms with Crippen LogP contribution in [0.5, 0.6) is 5.75 Å². The van der Waals surface area contributed by atoms with Crippen molar-refractivity contribution in [2.75, 3.05) is 55.0 Å². The van der Waals surface area contributed by atoms with Crippen LogP contribution in [0.3, 0.4) is 0 Å². The highest BCUT2D eigenvalue weighted by Gasteiger charge is 2.24. The fraction of sp³-hybridized carbons (Fsp3) is 0.407. The van der Waals surface area contributed by atoms with Gasteiger partial charge in [0.05, 0.1) is 19.0 Å². The molecule has 36 heavy (non-hydrogen) atoms. The van der Waals surface area contributed by atoms with E-state index >= 15 is 4.39 Å². The van der Waals surface area contributed by atoms with Gasteiger partial charge >= 0.3 is 0 Å². The molecule has 2 aliphatic heterocycles. The fourth-order valence-corrected chi connectivity index (χ4v) is 5.03. The lowest BCUT2D eigenvalue weighted by molar-refractivity contribution is 0.413. The van der Waals surface area contributed by atoms with Crippen LogP contribution < -0.4 is 25.2 Å². The third-order valence-electron chi connectivity index (χ3n) is 6.84. The number of benzene rings is 2. The van der Waals surface area contributed by atoms with E-state index in [0.29, 0.717) is 23.2 Å². The Morgan fingerprint density at radius 1 is 1.03 bits per heavy atom. The van der Waals surface area contributed by atoms with Crippen molar-refractivity contribution in [2.45, 2.75) is 32.7 Å². The molecule has 3 heterocycles. The minimum atomic E-state index is -0.599. The molecule has 2 N–H and O–H groups in total. The van der Waals surface area contributed by atoms with Crippen molar-refractivity contribution in [1.82, 2.24) is 15.3 Å². The van der Waals surface area contributed by atoms with Crippen molar-refractivity contribution in [1.29, 1.82) is 0 Å². The first kappa shape index (κ1) is 24.2. The van der Waals surface area contributed by atoms with Gasteiger partial charge in [0.2, 0.25) is 5.95 Å². The summed E-state index contributed by atoms with van der Waals surface area (Å²) >= 11 is 0. The van der Waals surface area contributed by atoms with Crippen molar-refractivity contribution in [3.05, 3.63) is 53.7 Å². The van der Waals surface area contributed by atoms with Crippen LogP contribution in [0.4, 0.5) is 31.8 Å². The number of ether oxygens (including phenoxy) is 1. The van der Waals surface area contributed by atoms with E-state index in [4.69, 9.17) is 4.74 Å². The first-order chi connectivity index (χ1) is 17.4. The Morgan fingerprint density at radius 2 is 1.83 bits per heavy atom. The van der Waals surface area contributed by atoms with E-state index in [9.17, 15) is 4.39 Å². The topological polar surface area (TPSA) is 65.5 Å². The summed E-state index contributed by atoms with van der Waals surface area (Å²) in [4.78, 5) is 13.0. The molecule has 3 aromatic rings. The summed E-state index contributed by atoms with van der Waals surface area (Å²) in [6.07, 6.45) is 2.69. The maximum atomic E-state index is 15.1. The molecule has 5 rings (SSSR count). The molecule has 190 valence electrons. The summed E-state index contributed by atoms with van der Waals surface area (Å²) in [5.41, 5.74) is 3.69. The average Bonchev–Trinajstić information content (AvgIpc) is 2.89. The lowest BCUT2D eigenvalue weighted by atomic mass is 9.96. The molecule has 1 aromatic heterocycles. The monoisotopic (exact) mass is 494 g/mol. The number of nitrogens with one attached hydrogen (secondary N) is 2. The van der Waals surface area contributed by atoms with Gasteiger partial charge < -0.3 is 25.2 Å². The minimum Gasteiger partial charge on any atom is -0.495 e. The van der Waals surface area contributed by atoms with Gasteiger partial charge in [0.15, 0.2) is 5.82 Å². The smallest absolute Gasteiger partial charge is 0.227 e. The summed E-state index contributed by atoms with van der Waals surface area (Å²) in [5, 5.41) is 6.50. The van der Waals surface area contributed by atoms with Gasteiger partial charge in [0, 0.05) is 67.3 Å². The van der Waals surface area contributed by atoms with Gasteiger partial charge in [-0.05, 0) is 51.0 Å². The molecule has 0 atom stereocenters. The molecule has 1 saturated heterocycles. The molecule has 2 aromatic carbocycles. The first-order valence-electron chi connectivity index (χ1n) is 12.5. The Morgan fingerprint density at radius 3 is 2.58 bits per heavy atom. The van der Waals surface area contributed by atoms with Gasteiger partial charge in [0.25, 0.3) is 0 Å². The van der Waals surface area contributed by atoms with Gasteiger partial charge in [0.1, 0.15) is 17.3 Å². The Hall–Kier alpha value is -3.46. The molecule has 0 saturated carbocycles. The van der Waals surface area contributed by atoms with Crippen molar-refractivity contribution >= 4 is 23.0 Å². The van der Waals surface area contributed by atoms with Crippen LogP contribution in [-0.2, 0) is 6.42 Å². The summed E-state index contributed by atoms with van der Waals surface area (Å²) in [5.74, 6) is 0.0315. The van der Waals surface area contributed by atoms with Crippen LogP contribution >= 0.6 is 0 Å². The van der Waals surface area contributed by atoms with Gasteiger partial charge in [-0.25, -0.2) is 18.7 Å². The molecule has 0 radical (unpaired) electrons. The van der Waals surface area contributed by atoms with Crippen molar-refractivity contribution in [3.63, 3.8) is 0 Å². The lowest BCUT2D eigenvalue weighted by Gasteiger charge is -2.35. The van der Waals surface area contributed by atoms with Crippen LogP contribution in [0, 0.1) is 11.6 Å². The van der Waals surface area contributed by atoms with E-state index < -0.39 is 5.82 Å². The fourth-order valence-electron chi connectivity index (χ4n) is 5.03. The van der Waals surface area contributed by atoms with Crippen LogP contribution in [-0.4, -0.2) is 55.8 Å². The Bertz CT molecular complexity index is 1250. The molecule has 0 bridgehead atoms. The normalized spacial score (nSPS) is 15.7. The van der Waals surface area contributed by atoms with Gasteiger partial charge in [-0.2, -0.15) is 0 Å². The molecule has 0 spiro atoms. The number of fused-ring (bicyclic) bond motifs is 1. The number of halogens is 2. The molecular formula is C27H32F2N6O. The second kappa shape index (κ2) is 10.3. The molecule has 0 aliphatic carbocycles. The second-order valence-electron chi connectivity index (χ2n) is 9.49. The zero-order valence-corrected chi connectivity index (χ0v) is 20.9. The zero-order valence-electron chi connectivity index (χ0n) is 20.9. The number of nitrogens with zero attached hydrogens (tertiary/aromatic N) is 4. The minimum absolute atomic E-state index is 0.0629. The third-order valence-corrected chi connectivity index (χ3v) is 6.84. The number of aromatic nitrogens is 2. The Labute approximate surface area is 210 Å². The predicted molar refractivity (Wildman–Crippen MR) is 140 cm³/mol. The van der Waals surface area contributed by atoms with Gasteiger partial charge in [-0.15, -0.1) is 0 Å². The van der Waals surface area contributed by atoms with Crippen molar-refractivity contribution in [2.24, 2.45) is 0 Å². The molecule has 2 aliphatic rings. The van der Waals surface area contributed by atoms with Crippen LogP contribution in [0.15, 0.2) is 36.5 Å². The van der Waals surface area contributed by atoms with E-state index in [1.165, 1.54) is 6.07 Å². The summed E-state index contributed by atoms with van der Waals surface area (Å²) in [6, 6.07) is 9.23. The zero-order chi connectivity index (χ0) is 25.2. The van der Waals surface area contributed by atoms with E-state index in [1.807, 2.05) is 24.3 Å². The largest absolute Gasteiger partial charge is 0.495 e. The van der Waals surface area contributed by atoms with Crippen molar-refractivity contribution < 1.29 is 13.5 Å². The van der Waals surface area contributed by atoms with Gasteiger partial charge in [-0.1, -0.05) is 0 Å². The van der Waals surface area contributed by atoms with E-state index in [1.54, 1.807) is 7.11 Å². The lowest BCUT2D eigenvalue weighted by Crippen LogP contribution is -2.43. The summed E-state index contributed by atoms with van der Waals surface area (Å²) in [7, 11) is 1.64. The number of hydrogen-bond acceptors (Lipinski definition) is 7. The number of anilines is 4. The average molecular weight is 495 g/mol. The van der Waals surface area contributed by atoms with Crippen molar-refractivity contribution in [3.8, 4) is 17.0 Å². The molecule has 0 amide bonds. The predicted octanol–water partition coefficient (Wildman–Crippen LogP) is 4.74. The highest BCUT2D eigenvalue weighted by molar-refractivity contribution is 5.72. The maximum absolute atomic E-state index is 15.1. The molecule has 9 heteroatoms. The highest BCUT2D eigenvalue weighted by atomic mass is 19.1. The Kier molecular flexibility index (Phi) is 6.91. The quantitative estimate of drug-likeness (QED) is 0.513.